The van der Waals surface area contributed by atoms with Gasteiger partial charge in [0.05, 0.1) is 17.2 Å². The number of nitrogens with one attached hydrogen (secondary N) is 1. The van der Waals surface area contributed by atoms with Crippen molar-refractivity contribution in [1.29, 1.82) is 0 Å². The molecule has 6 nitrogen and oxygen atoms in total. The first-order valence-electron chi connectivity index (χ1n) is 8.20. The smallest absolute Gasteiger partial charge is 0.323 e. The molecule has 0 aromatic carbocycles. The topological polar surface area (TPSA) is 79.4 Å². The summed E-state index contributed by atoms with van der Waals surface area (Å²) in [5, 5.41) is 3.40. The lowest BCUT2D eigenvalue weighted by Crippen LogP contribution is -2.35. The Labute approximate surface area is 140 Å². The van der Waals surface area contributed by atoms with Crippen LogP contribution in [-0.2, 0) is 22.0 Å². The molecule has 0 unspecified atom stereocenters. The maximum atomic E-state index is 12.5. The molecule has 23 heavy (non-hydrogen) atoms. The Balaban J connectivity index is 1.42. The molecule has 1 N–H and O–H groups in total. The third kappa shape index (κ3) is 3.24. The number of urea groups is 1. The highest BCUT2D eigenvalue weighted by Crippen LogP contribution is 2.53. The first-order valence-corrected chi connectivity index (χ1v) is 10.8. The number of amides is 2. The van der Waals surface area contributed by atoms with Crippen LogP contribution in [0.2, 0.25) is 0 Å². The van der Waals surface area contributed by atoms with Crippen LogP contribution in [0.4, 0.5) is 9.93 Å². The molecule has 0 radical (unpaired) electrons. The molecule has 2 fully saturated rings. The van der Waals surface area contributed by atoms with Gasteiger partial charge in [-0.25, -0.2) is 18.2 Å². The number of carbonyl (C=O) groups is 1. The van der Waals surface area contributed by atoms with Gasteiger partial charge in [-0.2, -0.15) is 0 Å². The summed E-state index contributed by atoms with van der Waals surface area (Å²) in [5.41, 5.74) is 1.36. The van der Waals surface area contributed by atoms with Crippen LogP contribution in [0.3, 0.4) is 0 Å². The number of nitrogens with zero attached hydrogens (tertiary/aromatic N) is 2. The highest BCUT2D eigenvalue weighted by molar-refractivity contribution is 7.90. The zero-order valence-corrected chi connectivity index (χ0v) is 14.6. The second kappa shape index (κ2) is 5.44. The summed E-state index contributed by atoms with van der Waals surface area (Å²) in [4.78, 5) is 19.5. The largest absolute Gasteiger partial charge is 0.324 e. The van der Waals surface area contributed by atoms with Crippen molar-refractivity contribution >= 4 is 32.3 Å². The van der Waals surface area contributed by atoms with Crippen molar-refractivity contribution in [1.82, 2.24) is 9.88 Å². The van der Waals surface area contributed by atoms with Crippen molar-refractivity contribution in [2.45, 2.75) is 44.3 Å². The quantitative estimate of drug-likeness (QED) is 0.839. The summed E-state index contributed by atoms with van der Waals surface area (Å²) < 4.78 is 23.4. The number of fused-ring (bicyclic) bond motifs is 1. The Hall–Kier alpha value is -1.15. The van der Waals surface area contributed by atoms with Crippen LogP contribution in [0.15, 0.2) is 0 Å². The normalized spacial score (nSPS) is 24.8. The average Bonchev–Trinajstić information content (AvgIpc) is 3.20. The molecular weight excluding hydrogens is 334 g/mol. The highest BCUT2D eigenvalue weighted by Gasteiger charge is 2.43. The fourth-order valence-corrected chi connectivity index (χ4v) is 6.36. The lowest BCUT2D eigenvalue weighted by Gasteiger charge is -2.20. The first-order chi connectivity index (χ1) is 10.9. The number of aromatic nitrogens is 1. The number of hydrogen-bond acceptors (Lipinski definition) is 5. The fraction of sp³-hybridized carbons (Fsp3) is 0.733. The van der Waals surface area contributed by atoms with Gasteiger partial charge in [0.15, 0.2) is 15.0 Å². The average molecular weight is 355 g/mol. The van der Waals surface area contributed by atoms with E-state index in [0.29, 0.717) is 17.0 Å². The van der Waals surface area contributed by atoms with Gasteiger partial charge in [-0.05, 0) is 37.5 Å². The maximum absolute atomic E-state index is 12.5. The van der Waals surface area contributed by atoms with E-state index < -0.39 is 9.84 Å². The van der Waals surface area contributed by atoms with Crippen LogP contribution < -0.4 is 5.32 Å². The standard InChI is InChI=1S/C15H21N3O3S2/c19-14(18-7-1-3-15(4-5-15)6-8-18)17-13-16-11-2-9-23(20,21)10-12(11)22-13/h1-10H2,(H,16,17,19). The van der Waals surface area contributed by atoms with E-state index in [9.17, 15) is 13.2 Å². The van der Waals surface area contributed by atoms with E-state index in [1.54, 1.807) is 0 Å². The minimum Gasteiger partial charge on any atom is -0.324 e. The molecule has 8 heteroatoms. The Morgan fingerprint density at radius 1 is 1.22 bits per heavy atom. The van der Waals surface area contributed by atoms with Gasteiger partial charge >= 0.3 is 6.03 Å². The molecule has 2 amide bonds. The van der Waals surface area contributed by atoms with Gasteiger partial charge < -0.3 is 4.90 Å². The summed E-state index contributed by atoms with van der Waals surface area (Å²) >= 11 is 1.30. The zero-order chi connectivity index (χ0) is 16.1. The zero-order valence-electron chi connectivity index (χ0n) is 13.0. The van der Waals surface area contributed by atoms with Crippen molar-refractivity contribution < 1.29 is 13.2 Å². The molecule has 2 aliphatic heterocycles. The molecule has 1 aliphatic carbocycles. The number of thiazole rings is 1. The molecule has 1 aromatic rings. The van der Waals surface area contributed by atoms with Crippen molar-refractivity contribution in [2.24, 2.45) is 5.41 Å². The lowest BCUT2D eigenvalue weighted by molar-refractivity contribution is 0.213. The Kier molecular flexibility index (Phi) is 3.64. The molecule has 3 heterocycles. The summed E-state index contributed by atoms with van der Waals surface area (Å²) in [7, 11) is -3.00. The molecule has 0 atom stereocenters. The SMILES string of the molecule is O=C(Nc1nc2c(s1)CS(=O)(=O)CC2)N1CCCC2(CC1)CC2. The van der Waals surface area contributed by atoms with Gasteiger partial charge in [0.25, 0.3) is 0 Å². The second-order valence-electron chi connectivity index (χ2n) is 7.00. The van der Waals surface area contributed by atoms with E-state index in [1.165, 1.54) is 30.6 Å². The van der Waals surface area contributed by atoms with Crippen molar-refractivity contribution in [3.8, 4) is 0 Å². The summed E-state index contributed by atoms with van der Waals surface area (Å²) in [6.45, 7) is 1.61. The van der Waals surface area contributed by atoms with Gasteiger partial charge in [-0.3, -0.25) is 5.32 Å². The number of rotatable bonds is 1. The molecule has 4 rings (SSSR count). The number of carbonyl (C=O) groups excluding carboxylic acids is 1. The van der Waals surface area contributed by atoms with Gasteiger partial charge in [0.1, 0.15) is 0 Å². The fourth-order valence-electron chi connectivity index (χ4n) is 3.57. The summed E-state index contributed by atoms with van der Waals surface area (Å²) in [6, 6.07) is -0.100. The minimum absolute atomic E-state index is 0.0576. The van der Waals surface area contributed by atoms with E-state index in [1.807, 2.05) is 4.90 Å². The maximum Gasteiger partial charge on any atom is 0.323 e. The van der Waals surface area contributed by atoms with E-state index in [4.69, 9.17) is 0 Å². The van der Waals surface area contributed by atoms with Crippen LogP contribution in [0, 0.1) is 5.41 Å². The van der Waals surface area contributed by atoms with E-state index >= 15 is 0 Å². The number of aryl methyl sites for hydroxylation is 1. The Bertz CT molecular complexity index is 737. The first kappa shape index (κ1) is 15.4. The van der Waals surface area contributed by atoms with Crippen LogP contribution in [-0.4, -0.2) is 43.2 Å². The third-order valence-electron chi connectivity index (χ3n) is 5.28. The molecule has 1 saturated heterocycles. The van der Waals surface area contributed by atoms with E-state index in [-0.39, 0.29) is 17.5 Å². The molecular formula is C15H21N3O3S2. The van der Waals surface area contributed by atoms with Crippen molar-refractivity contribution in [2.75, 3.05) is 24.2 Å². The van der Waals surface area contributed by atoms with Crippen molar-refractivity contribution in [3.63, 3.8) is 0 Å². The molecule has 0 bridgehead atoms. The molecule has 126 valence electrons. The Morgan fingerprint density at radius 3 is 2.83 bits per heavy atom. The number of hydrogen-bond donors (Lipinski definition) is 1. The molecule has 1 aromatic heterocycles. The van der Waals surface area contributed by atoms with Crippen molar-refractivity contribution in [3.05, 3.63) is 10.6 Å². The van der Waals surface area contributed by atoms with Gasteiger partial charge in [0, 0.05) is 24.4 Å². The predicted octanol–water partition coefficient (Wildman–Crippen LogP) is 2.41. The molecule has 3 aliphatic rings. The minimum atomic E-state index is -3.00. The molecule has 1 spiro atoms. The predicted molar refractivity (Wildman–Crippen MR) is 89.4 cm³/mol. The van der Waals surface area contributed by atoms with Gasteiger partial charge in [-0.15, -0.1) is 11.3 Å². The summed E-state index contributed by atoms with van der Waals surface area (Å²) in [6.07, 6.45) is 6.50. The number of sulfone groups is 1. The number of anilines is 1. The monoisotopic (exact) mass is 355 g/mol. The second-order valence-corrected chi connectivity index (χ2v) is 10.3. The van der Waals surface area contributed by atoms with Crippen LogP contribution in [0.5, 0.6) is 0 Å². The van der Waals surface area contributed by atoms with Crippen LogP contribution >= 0.6 is 11.3 Å². The number of likely N-dealkylation sites (tertiary alicyclic amines) is 1. The van der Waals surface area contributed by atoms with E-state index in [0.717, 1.165) is 36.5 Å². The lowest BCUT2D eigenvalue weighted by atomic mass is 9.98. The van der Waals surface area contributed by atoms with Crippen LogP contribution in [0.25, 0.3) is 0 Å². The van der Waals surface area contributed by atoms with Crippen LogP contribution in [0.1, 0.15) is 42.7 Å². The Morgan fingerprint density at radius 2 is 2.04 bits per heavy atom. The third-order valence-corrected chi connectivity index (χ3v) is 8.03. The van der Waals surface area contributed by atoms with Gasteiger partial charge in [0.2, 0.25) is 0 Å². The highest BCUT2D eigenvalue weighted by atomic mass is 32.2. The molecule has 1 saturated carbocycles. The van der Waals surface area contributed by atoms with E-state index in [2.05, 4.69) is 10.3 Å². The van der Waals surface area contributed by atoms with Gasteiger partial charge in [-0.1, -0.05) is 0 Å². The summed E-state index contributed by atoms with van der Waals surface area (Å²) in [5.74, 6) is 0.216.